The van der Waals surface area contributed by atoms with E-state index in [0.29, 0.717) is 29.8 Å². The van der Waals surface area contributed by atoms with Gasteiger partial charge in [-0.05, 0) is 123 Å². The molecular weight excluding hydrogens is 743 g/mol. The molecular formula is C53H68N3O4+. The number of anilines is 2. The molecule has 0 unspecified atom stereocenters. The fraction of sp³-hybridized carbons (Fsp3) is 0.472. The number of aliphatic hydroxyl groups excluding tert-OH is 1. The van der Waals surface area contributed by atoms with Crippen LogP contribution in [0.2, 0.25) is 0 Å². The van der Waals surface area contributed by atoms with Gasteiger partial charge in [-0.25, -0.2) is 0 Å². The third kappa shape index (κ3) is 10.9. The lowest BCUT2D eigenvalue weighted by molar-refractivity contribution is -0.488. The number of benzene rings is 3. The first-order valence-corrected chi connectivity index (χ1v) is 23.4. The van der Waals surface area contributed by atoms with E-state index in [2.05, 4.69) is 89.2 Å². The summed E-state index contributed by atoms with van der Waals surface area (Å²) >= 11 is 0. The van der Waals surface area contributed by atoms with Crippen molar-refractivity contribution in [2.45, 2.75) is 141 Å². The number of hydrogen-bond acceptors (Lipinski definition) is 6. The minimum atomic E-state index is -0.114. The van der Waals surface area contributed by atoms with Crippen LogP contribution < -0.4 is 20.1 Å². The zero-order chi connectivity index (χ0) is 41.5. The molecule has 7 rings (SSSR count). The predicted molar refractivity (Wildman–Crippen MR) is 247 cm³/mol. The van der Waals surface area contributed by atoms with Gasteiger partial charge >= 0.3 is 0 Å². The maximum Gasteiger partial charge on any atom is 0.206 e. The number of nitrogens with zero attached hydrogens (tertiary/aromatic N) is 2. The molecule has 0 saturated heterocycles. The molecule has 0 amide bonds. The second kappa shape index (κ2) is 22.1. The monoisotopic (exact) mass is 811 g/mol. The highest BCUT2D eigenvalue weighted by Gasteiger charge is 2.37. The molecule has 7 nitrogen and oxygen atoms in total. The van der Waals surface area contributed by atoms with Gasteiger partial charge in [0, 0.05) is 54.5 Å². The maximum atomic E-state index is 13.8. The number of nitrogens with two attached hydrogens (primary N) is 1. The highest BCUT2D eigenvalue weighted by molar-refractivity contribution is 6.39. The Morgan fingerprint density at radius 1 is 0.633 bits per heavy atom. The van der Waals surface area contributed by atoms with Crippen molar-refractivity contribution in [1.29, 1.82) is 0 Å². The predicted octanol–water partition coefficient (Wildman–Crippen LogP) is 12.8. The van der Waals surface area contributed by atoms with E-state index in [1.165, 1.54) is 64.2 Å². The fourth-order valence-electron chi connectivity index (χ4n) is 9.43. The highest BCUT2D eigenvalue weighted by atomic mass is 16.5. The molecule has 3 N–H and O–H groups in total. The zero-order valence-electron chi connectivity index (χ0n) is 36.1. The Morgan fingerprint density at radius 3 is 1.73 bits per heavy atom. The van der Waals surface area contributed by atoms with E-state index in [4.69, 9.17) is 15.2 Å². The highest BCUT2D eigenvalue weighted by Crippen LogP contribution is 2.41. The van der Waals surface area contributed by atoms with Gasteiger partial charge in [0.15, 0.2) is 6.04 Å². The van der Waals surface area contributed by atoms with Crippen LogP contribution in [-0.2, 0) is 4.79 Å². The summed E-state index contributed by atoms with van der Waals surface area (Å²) in [4.78, 5) is 16.2. The fourth-order valence-corrected chi connectivity index (χ4v) is 9.43. The maximum absolute atomic E-state index is 13.8. The van der Waals surface area contributed by atoms with Crippen molar-refractivity contribution in [2.24, 2.45) is 5.73 Å². The summed E-state index contributed by atoms with van der Waals surface area (Å²) in [5, 5.41) is 11.4. The van der Waals surface area contributed by atoms with E-state index in [1.807, 2.05) is 24.3 Å². The Kier molecular flexibility index (Phi) is 15.9. The van der Waals surface area contributed by atoms with Crippen molar-refractivity contribution >= 4 is 34.1 Å². The molecule has 0 radical (unpaired) electrons. The van der Waals surface area contributed by atoms with E-state index < -0.39 is 0 Å². The Hall–Kier alpha value is -4.88. The molecule has 2 saturated carbocycles. The van der Waals surface area contributed by atoms with Gasteiger partial charge in [-0.15, -0.1) is 0 Å². The van der Waals surface area contributed by atoms with Gasteiger partial charge < -0.3 is 25.2 Å². The number of ether oxygens (including phenoxy) is 2. The molecule has 2 fully saturated rings. The minimum absolute atomic E-state index is 0.0738. The molecule has 4 aliphatic rings. The van der Waals surface area contributed by atoms with Crippen molar-refractivity contribution in [3.8, 4) is 11.5 Å². The quantitative estimate of drug-likeness (QED) is 0.0671. The number of carbonyl (C=O) groups excluding carboxylic acids is 1. The van der Waals surface area contributed by atoms with Crippen LogP contribution in [0.3, 0.4) is 0 Å². The largest absolute Gasteiger partial charge is 0.506 e. The van der Waals surface area contributed by atoms with Crippen molar-refractivity contribution in [3.63, 3.8) is 0 Å². The second-order valence-electron chi connectivity index (χ2n) is 17.1. The van der Waals surface area contributed by atoms with Crippen LogP contribution in [0, 0.1) is 0 Å². The summed E-state index contributed by atoms with van der Waals surface area (Å²) in [5.41, 5.74) is 12.4. The Balaban J connectivity index is 1.05. The Morgan fingerprint density at radius 2 is 1.17 bits per heavy atom. The van der Waals surface area contributed by atoms with Crippen LogP contribution in [-0.4, -0.2) is 53.0 Å². The standard InChI is InChI=1S/C53H67N3O4/c1-2-3-4-6-15-38-59-48-33-29-46(30-34-48)55(42-17-10-8-11-18-42)44-25-21-40(22-26-44)50-52(57)51(53(50)58)41-23-27-45(28-24-41)56(43-19-12-9-13-20-43)47-31-35-49(36-32-47)60-39-16-7-5-14-37-54/h21-36,42-43H,2-20,37-39,54H2,1H3/p+1. The van der Waals surface area contributed by atoms with Crippen LogP contribution in [0.25, 0.3) is 5.57 Å². The Bertz CT molecular complexity index is 1990. The zero-order valence-corrected chi connectivity index (χ0v) is 36.1. The number of aliphatic hydroxyl groups is 1. The molecule has 0 aliphatic heterocycles. The first-order chi connectivity index (χ1) is 29.6. The molecule has 60 heavy (non-hydrogen) atoms. The average Bonchev–Trinajstić information content (AvgIpc) is 3.29. The van der Waals surface area contributed by atoms with E-state index in [0.717, 1.165) is 116 Å². The summed E-state index contributed by atoms with van der Waals surface area (Å²) in [6.45, 7) is 4.47. The number of allylic oxidation sites excluding steroid dienone is 7. The van der Waals surface area contributed by atoms with Gasteiger partial charge in [-0.2, -0.15) is 4.58 Å². The summed E-state index contributed by atoms with van der Waals surface area (Å²) < 4.78 is 14.6. The van der Waals surface area contributed by atoms with Gasteiger partial charge in [-0.1, -0.05) is 83.3 Å². The molecule has 4 aliphatic carbocycles. The van der Waals surface area contributed by atoms with Gasteiger partial charge in [0.05, 0.1) is 24.4 Å². The first-order valence-electron chi connectivity index (χ1n) is 23.4. The number of ketones is 1. The third-order valence-corrected chi connectivity index (χ3v) is 12.8. The smallest absolute Gasteiger partial charge is 0.206 e. The lowest BCUT2D eigenvalue weighted by Gasteiger charge is -2.36. The second-order valence-corrected chi connectivity index (χ2v) is 17.1. The summed E-state index contributed by atoms with van der Waals surface area (Å²) in [5.74, 6) is 1.77. The lowest BCUT2D eigenvalue weighted by Crippen LogP contribution is -2.33. The molecule has 0 spiro atoms. The van der Waals surface area contributed by atoms with Crippen molar-refractivity contribution in [3.05, 3.63) is 120 Å². The molecule has 0 aromatic heterocycles. The number of hydrogen-bond donors (Lipinski definition) is 2. The van der Waals surface area contributed by atoms with Crippen molar-refractivity contribution in [1.82, 2.24) is 0 Å². The normalized spacial score (nSPS) is 17.3. The van der Waals surface area contributed by atoms with Crippen LogP contribution in [0.1, 0.15) is 134 Å². The topological polar surface area (TPSA) is 88.0 Å². The van der Waals surface area contributed by atoms with Crippen molar-refractivity contribution in [2.75, 3.05) is 24.7 Å². The summed E-state index contributed by atoms with van der Waals surface area (Å²) in [7, 11) is 0. The molecule has 0 atom stereocenters. The first kappa shape index (κ1) is 43.2. The van der Waals surface area contributed by atoms with Crippen LogP contribution in [0.4, 0.5) is 17.1 Å². The molecule has 3 aromatic carbocycles. The molecule has 3 aromatic rings. The SMILES string of the molecule is CCCCCCCOc1ccc(N(c2ccc(C3=C(O)C(=C4C=CC(=[N+](c5ccc(OCCCCCCN)cc5)C5CCCCC5)C=C4)C3=O)cc2)C2CCCCC2)cc1. The third-order valence-electron chi connectivity index (χ3n) is 12.8. The molecule has 318 valence electrons. The number of Topliss-reactive ketones (excluding diaryl/α,β-unsaturated/α-hetero) is 1. The molecule has 0 heterocycles. The van der Waals surface area contributed by atoms with E-state index in [9.17, 15) is 9.90 Å². The van der Waals surface area contributed by atoms with Crippen molar-refractivity contribution < 1.29 is 24.0 Å². The molecule has 7 heteroatoms. The van der Waals surface area contributed by atoms with E-state index in [1.54, 1.807) is 0 Å². The van der Waals surface area contributed by atoms with Crippen LogP contribution in [0.15, 0.2) is 114 Å². The van der Waals surface area contributed by atoms with Gasteiger partial charge in [0.2, 0.25) is 17.2 Å². The Labute approximate surface area is 359 Å². The summed E-state index contributed by atoms with van der Waals surface area (Å²) in [6, 6.07) is 26.1. The van der Waals surface area contributed by atoms with Crippen LogP contribution >= 0.6 is 0 Å². The van der Waals surface area contributed by atoms with E-state index >= 15 is 0 Å². The molecule has 0 bridgehead atoms. The van der Waals surface area contributed by atoms with Gasteiger partial charge in [0.1, 0.15) is 17.3 Å². The summed E-state index contributed by atoms with van der Waals surface area (Å²) in [6.07, 6.45) is 30.7. The number of unbranched alkanes of at least 4 members (excludes halogenated alkanes) is 7. The number of carbonyl (C=O) groups is 1. The number of rotatable bonds is 20. The lowest BCUT2D eigenvalue weighted by atomic mass is 9.80. The van der Waals surface area contributed by atoms with Gasteiger partial charge in [-0.3, -0.25) is 4.79 Å². The van der Waals surface area contributed by atoms with Gasteiger partial charge in [0.25, 0.3) is 0 Å². The minimum Gasteiger partial charge on any atom is -0.506 e. The van der Waals surface area contributed by atoms with E-state index in [-0.39, 0.29) is 11.5 Å². The van der Waals surface area contributed by atoms with Crippen LogP contribution in [0.5, 0.6) is 11.5 Å². The average molecular weight is 811 g/mol.